The Morgan fingerprint density at radius 2 is 1.89 bits per heavy atom. The highest BCUT2D eigenvalue weighted by atomic mass is 16.5. The van der Waals surface area contributed by atoms with Crippen molar-refractivity contribution in [2.24, 2.45) is 0 Å². The van der Waals surface area contributed by atoms with Crippen LogP contribution in [0.25, 0.3) is 10.8 Å². The Kier molecular flexibility index (Phi) is 7.30. The minimum absolute atomic E-state index is 0.147. The van der Waals surface area contributed by atoms with Crippen LogP contribution in [0.4, 0.5) is 11.5 Å². The van der Waals surface area contributed by atoms with Crippen LogP contribution < -0.4 is 19.9 Å². The average Bonchev–Trinajstić information content (AvgIpc) is 3.24. The van der Waals surface area contributed by atoms with E-state index < -0.39 is 0 Å². The second kappa shape index (κ2) is 11.1. The fourth-order valence-corrected chi connectivity index (χ4v) is 6.23. The van der Waals surface area contributed by atoms with E-state index in [4.69, 9.17) is 14.7 Å². The summed E-state index contributed by atoms with van der Waals surface area (Å²) in [5.74, 6) is 0.994. The number of piperazine rings is 1. The molecule has 3 aliphatic rings. The Balaban J connectivity index is 1.30. The van der Waals surface area contributed by atoms with Gasteiger partial charge < -0.3 is 24.8 Å². The molecular formula is C30H37N7O. The molecule has 2 fully saturated rings. The fourth-order valence-electron chi connectivity index (χ4n) is 6.23. The monoisotopic (exact) mass is 511 g/mol. The molecule has 8 nitrogen and oxygen atoms in total. The summed E-state index contributed by atoms with van der Waals surface area (Å²) in [4.78, 5) is 17.2. The van der Waals surface area contributed by atoms with E-state index in [9.17, 15) is 5.26 Å². The van der Waals surface area contributed by atoms with Gasteiger partial charge in [-0.25, -0.2) is 0 Å². The van der Waals surface area contributed by atoms with Gasteiger partial charge in [-0.15, -0.1) is 0 Å². The highest BCUT2D eigenvalue weighted by Crippen LogP contribution is 2.32. The molecule has 2 atom stereocenters. The van der Waals surface area contributed by atoms with E-state index in [1.54, 1.807) is 0 Å². The number of anilines is 2. The molecule has 38 heavy (non-hydrogen) atoms. The van der Waals surface area contributed by atoms with Gasteiger partial charge in [0.25, 0.3) is 0 Å². The molecule has 1 aromatic heterocycles. The Morgan fingerprint density at radius 1 is 1.03 bits per heavy atom. The van der Waals surface area contributed by atoms with Crippen LogP contribution in [0.15, 0.2) is 42.5 Å². The Bertz CT molecular complexity index is 1320. The van der Waals surface area contributed by atoms with Crippen LogP contribution in [0.2, 0.25) is 0 Å². The summed E-state index contributed by atoms with van der Waals surface area (Å²) >= 11 is 0. The molecule has 1 N–H and O–H groups in total. The zero-order chi connectivity index (χ0) is 25.9. The van der Waals surface area contributed by atoms with Gasteiger partial charge in [-0.2, -0.15) is 15.2 Å². The van der Waals surface area contributed by atoms with Crippen LogP contribution in [-0.4, -0.2) is 79.9 Å². The first kappa shape index (κ1) is 24.9. The molecule has 6 rings (SSSR count). The normalized spacial score (nSPS) is 22.2. The number of nitriles is 1. The zero-order valence-corrected chi connectivity index (χ0v) is 22.3. The lowest BCUT2D eigenvalue weighted by Crippen LogP contribution is -2.51. The maximum atomic E-state index is 9.29. The van der Waals surface area contributed by atoms with E-state index in [0.29, 0.717) is 25.1 Å². The summed E-state index contributed by atoms with van der Waals surface area (Å²) in [6.45, 7) is 6.04. The summed E-state index contributed by atoms with van der Waals surface area (Å²) in [6.07, 6.45) is 4.59. The highest BCUT2D eigenvalue weighted by Gasteiger charge is 2.28. The first-order valence-electron chi connectivity index (χ1n) is 14.0. The van der Waals surface area contributed by atoms with E-state index >= 15 is 0 Å². The van der Waals surface area contributed by atoms with Crippen molar-refractivity contribution >= 4 is 22.3 Å². The van der Waals surface area contributed by atoms with Gasteiger partial charge in [-0.1, -0.05) is 36.4 Å². The average molecular weight is 512 g/mol. The van der Waals surface area contributed by atoms with Crippen LogP contribution in [0, 0.1) is 11.3 Å². The molecule has 0 radical (unpaired) electrons. The maximum absolute atomic E-state index is 9.29. The Labute approximate surface area is 225 Å². The van der Waals surface area contributed by atoms with E-state index in [-0.39, 0.29) is 6.04 Å². The minimum atomic E-state index is 0.147. The van der Waals surface area contributed by atoms with Crippen molar-refractivity contribution in [3.05, 3.63) is 53.7 Å². The van der Waals surface area contributed by atoms with Crippen molar-refractivity contribution in [2.75, 3.05) is 62.7 Å². The number of fused-ring (bicyclic) bond motifs is 2. The van der Waals surface area contributed by atoms with Gasteiger partial charge in [-0.3, -0.25) is 0 Å². The summed E-state index contributed by atoms with van der Waals surface area (Å²) < 4.78 is 6.27. The smallest absolute Gasteiger partial charge is 0.318 e. The van der Waals surface area contributed by atoms with Crippen molar-refractivity contribution in [3.63, 3.8) is 0 Å². The van der Waals surface area contributed by atoms with Crippen LogP contribution in [-0.2, 0) is 12.8 Å². The molecule has 198 valence electrons. The second-order valence-corrected chi connectivity index (χ2v) is 10.8. The zero-order valence-electron chi connectivity index (χ0n) is 22.3. The first-order valence-corrected chi connectivity index (χ1v) is 14.0. The number of ether oxygens (including phenoxy) is 1. The lowest BCUT2D eigenvalue weighted by Gasteiger charge is -2.35. The number of likely N-dealkylation sites (N-methyl/N-ethyl adjacent to an activating group) is 1. The number of hydrogen-bond donors (Lipinski definition) is 1. The minimum Gasteiger partial charge on any atom is -0.462 e. The van der Waals surface area contributed by atoms with Crippen molar-refractivity contribution < 1.29 is 4.74 Å². The Morgan fingerprint density at radius 3 is 2.76 bits per heavy atom. The van der Waals surface area contributed by atoms with Gasteiger partial charge in [0.05, 0.1) is 18.2 Å². The van der Waals surface area contributed by atoms with Gasteiger partial charge in [0.15, 0.2) is 0 Å². The molecule has 3 aromatic rings. The van der Waals surface area contributed by atoms with Crippen molar-refractivity contribution in [3.8, 4) is 12.1 Å². The van der Waals surface area contributed by atoms with E-state index in [1.807, 2.05) is 0 Å². The third-order valence-electron chi connectivity index (χ3n) is 8.38. The number of aromatic nitrogens is 2. The highest BCUT2D eigenvalue weighted by molar-refractivity contribution is 5.94. The lowest BCUT2D eigenvalue weighted by atomic mass is 10.1. The van der Waals surface area contributed by atoms with Crippen molar-refractivity contribution in [2.45, 2.75) is 44.2 Å². The molecule has 0 saturated carbocycles. The SMILES string of the molecule is CN1CCC[C@H]1COc1nc2c(c(N3CCN[C@H](CC#N)C3)n1)CCN(c1cccc3ccccc13)CC2. The standard InChI is InChI=1S/C30H37N7O/c1-35-16-5-8-24(35)21-38-30-33-27-13-18-36(28-10-4-7-22-6-2-3-9-25(22)28)17-12-26(27)29(34-30)37-19-15-32-23(20-37)11-14-31/h2-4,6-7,9-10,23-24,32H,5,8,11-13,15-21H2,1H3/t23-,24+/m1/s1. The Hall–Kier alpha value is -3.41. The first-order chi connectivity index (χ1) is 18.7. The number of likely N-dealkylation sites (tertiary alicyclic amines) is 1. The largest absolute Gasteiger partial charge is 0.462 e. The number of nitrogens with one attached hydrogen (secondary N) is 1. The number of hydrogen-bond acceptors (Lipinski definition) is 8. The summed E-state index contributed by atoms with van der Waals surface area (Å²) in [5, 5.41) is 15.3. The summed E-state index contributed by atoms with van der Waals surface area (Å²) in [6, 6.07) is 18.6. The summed E-state index contributed by atoms with van der Waals surface area (Å²) in [5.41, 5.74) is 3.61. The molecule has 8 heteroatoms. The van der Waals surface area contributed by atoms with E-state index in [2.05, 4.69) is 75.6 Å². The van der Waals surface area contributed by atoms with Crippen LogP contribution >= 0.6 is 0 Å². The van der Waals surface area contributed by atoms with Crippen molar-refractivity contribution in [1.29, 1.82) is 5.26 Å². The molecular weight excluding hydrogens is 474 g/mol. The third-order valence-corrected chi connectivity index (χ3v) is 8.38. The third kappa shape index (κ3) is 5.13. The molecule has 0 bridgehead atoms. The van der Waals surface area contributed by atoms with Gasteiger partial charge >= 0.3 is 6.01 Å². The predicted molar refractivity (Wildman–Crippen MR) is 151 cm³/mol. The molecule has 3 aliphatic heterocycles. The summed E-state index contributed by atoms with van der Waals surface area (Å²) in [7, 11) is 2.17. The molecule has 0 spiro atoms. The number of nitrogens with zero attached hydrogens (tertiary/aromatic N) is 6. The topological polar surface area (TPSA) is 80.5 Å². The van der Waals surface area contributed by atoms with Crippen LogP contribution in [0.1, 0.15) is 30.5 Å². The second-order valence-electron chi connectivity index (χ2n) is 10.8. The van der Waals surface area contributed by atoms with Crippen molar-refractivity contribution in [1.82, 2.24) is 20.2 Å². The van der Waals surface area contributed by atoms with E-state index in [0.717, 1.165) is 70.0 Å². The van der Waals surface area contributed by atoms with Crippen LogP contribution in [0.3, 0.4) is 0 Å². The van der Waals surface area contributed by atoms with Crippen LogP contribution in [0.5, 0.6) is 6.01 Å². The maximum Gasteiger partial charge on any atom is 0.318 e. The fraction of sp³-hybridized carbons (Fsp3) is 0.500. The van der Waals surface area contributed by atoms with Gasteiger partial charge in [-0.05, 0) is 44.3 Å². The number of benzene rings is 2. The quantitative estimate of drug-likeness (QED) is 0.540. The molecule has 0 aliphatic carbocycles. The lowest BCUT2D eigenvalue weighted by molar-refractivity contribution is 0.187. The van der Waals surface area contributed by atoms with Gasteiger partial charge in [0.1, 0.15) is 12.4 Å². The molecule has 2 saturated heterocycles. The molecule has 4 heterocycles. The molecule has 2 aromatic carbocycles. The van der Waals surface area contributed by atoms with Gasteiger partial charge in [0.2, 0.25) is 0 Å². The van der Waals surface area contributed by atoms with E-state index in [1.165, 1.54) is 28.4 Å². The predicted octanol–water partition coefficient (Wildman–Crippen LogP) is 3.40. The molecule has 0 unspecified atom stereocenters. The van der Waals surface area contributed by atoms with Gasteiger partial charge in [0, 0.05) is 67.9 Å². The number of rotatable bonds is 6. The molecule has 0 amide bonds.